The summed E-state index contributed by atoms with van der Waals surface area (Å²) in [4.78, 5) is 14.5. The van der Waals surface area contributed by atoms with E-state index in [0.717, 1.165) is 23.0 Å². The van der Waals surface area contributed by atoms with Crippen LogP contribution in [0.1, 0.15) is 16.7 Å². The minimum absolute atomic E-state index is 0.0389. The lowest BCUT2D eigenvalue weighted by atomic mass is 10.0. The summed E-state index contributed by atoms with van der Waals surface area (Å²) < 4.78 is 46.4. The number of hydrogen-bond acceptors (Lipinski definition) is 3. The van der Waals surface area contributed by atoms with Crippen LogP contribution in [0.5, 0.6) is 0 Å². The molecule has 1 aliphatic rings. The Morgan fingerprint density at radius 1 is 1.12 bits per heavy atom. The molecule has 8 heteroatoms. The van der Waals surface area contributed by atoms with E-state index < -0.39 is 11.7 Å². The summed E-state index contributed by atoms with van der Waals surface area (Å²) in [5, 5.41) is 10.5. The molecule has 0 radical (unpaired) electrons. The van der Waals surface area contributed by atoms with E-state index in [2.05, 4.69) is 0 Å². The molecular weight excluding hydrogens is 419 g/mol. The molecule has 32 heavy (non-hydrogen) atoms. The van der Waals surface area contributed by atoms with Crippen molar-refractivity contribution in [2.75, 3.05) is 26.3 Å². The van der Waals surface area contributed by atoms with Gasteiger partial charge in [-0.15, -0.1) is 0 Å². The molecule has 0 spiro atoms. The zero-order valence-corrected chi connectivity index (χ0v) is 17.1. The Labute approximate surface area is 182 Å². The summed E-state index contributed by atoms with van der Waals surface area (Å²) in [6.45, 7) is 2.22. The lowest BCUT2D eigenvalue weighted by Gasteiger charge is -2.27. The van der Waals surface area contributed by atoms with E-state index in [4.69, 9.17) is 4.74 Å². The Morgan fingerprint density at radius 3 is 2.59 bits per heavy atom. The van der Waals surface area contributed by atoms with Crippen molar-refractivity contribution in [3.63, 3.8) is 0 Å². The maximum Gasteiger partial charge on any atom is 0.416 e. The Hall–Kier alpha value is -3.57. The number of para-hydroxylation sites is 1. The number of ether oxygens (including phenoxy) is 1. The summed E-state index contributed by atoms with van der Waals surface area (Å²) in [7, 11) is 0. The number of amides is 1. The van der Waals surface area contributed by atoms with E-state index in [1.807, 2.05) is 30.3 Å². The van der Waals surface area contributed by atoms with Crippen LogP contribution in [0.3, 0.4) is 0 Å². The fourth-order valence-electron chi connectivity index (χ4n) is 3.78. The Kier molecular flexibility index (Phi) is 6.01. The van der Waals surface area contributed by atoms with E-state index in [1.54, 1.807) is 21.7 Å². The molecule has 1 amide bonds. The van der Waals surface area contributed by atoms with E-state index >= 15 is 0 Å². The fourth-order valence-corrected chi connectivity index (χ4v) is 3.78. The first-order valence-electron chi connectivity index (χ1n) is 10.1. The molecule has 2 heterocycles. The molecule has 1 aliphatic heterocycles. The number of hydrogen-bond donors (Lipinski definition) is 0. The normalized spacial score (nSPS) is 15.1. The number of nitrogens with zero attached hydrogens (tertiary/aromatic N) is 3. The van der Waals surface area contributed by atoms with E-state index in [-0.39, 0.29) is 23.6 Å². The van der Waals surface area contributed by atoms with Gasteiger partial charge in [0.15, 0.2) is 0 Å². The Bertz CT molecular complexity index is 1220. The van der Waals surface area contributed by atoms with Gasteiger partial charge >= 0.3 is 6.18 Å². The summed E-state index contributed by atoms with van der Waals surface area (Å²) >= 11 is 0. The maximum absolute atomic E-state index is 13.1. The van der Waals surface area contributed by atoms with Gasteiger partial charge in [-0.2, -0.15) is 18.4 Å². The number of fused-ring (bicyclic) bond motifs is 1. The van der Waals surface area contributed by atoms with Crippen LogP contribution in [0.25, 0.3) is 22.6 Å². The first kappa shape index (κ1) is 21.7. The van der Waals surface area contributed by atoms with E-state index in [0.29, 0.717) is 31.9 Å². The van der Waals surface area contributed by atoms with Gasteiger partial charge in [-0.25, -0.2) is 0 Å². The van der Waals surface area contributed by atoms with Crippen LogP contribution >= 0.6 is 0 Å². The van der Waals surface area contributed by atoms with Crippen LogP contribution in [0, 0.1) is 11.3 Å². The van der Waals surface area contributed by atoms with Crippen LogP contribution < -0.4 is 0 Å². The lowest BCUT2D eigenvalue weighted by Crippen LogP contribution is -2.42. The minimum Gasteiger partial charge on any atom is -0.378 e. The van der Waals surface area contributed by atoms with Crippen LogP contribution in [-0.4, -0.2) is 41.7 Å². The quantitative estimate of drug-likeness (QED) is 0.559. The molecule has 4 rings (SSSR count). The molecule has 0 N–H and O–H groups in total. The third kappa shape index (κ3) is 4.53. The zero-order chi connectivity index (χ0) is 22.7. The van der Waals surface area contributed by atoms with Gasteiger partial charge < -0.3 is 14.2 Å². The molecule has 0 atom stereocenters. The Morgan fingerprint density at radius 2 is 1.88 bits per heavy atom. The van der Waals surface area contributed by atoms with Crippen LogP contribution in [-0.2, 0) is 22.3 Å². The lowest BCUT2D eigenvalue weighted by molar-refractivity contribution is -0.137. The first-order valence-corrected chi connectivity index (χ1v) is 10.1. The number of benzene rings is 2. The molecule has 1 aromatic heterocycles. The number of rotatable bonds is 4. The third-order valence-electron chi connectivity index (χ3n) is 5.41. The largest absolute Gasteiger partial charge is 0.416 e. The molecule has 3 aromatic rings. The second-order valence-electron chi connectivity index (χ2n) is 7.47. The van der Waals surface area contributed by atoms with Crippen molar-refractivity contribution in [2.24, 2.45) is 0 Å². The molecule has 0 bridgehead atoms. The van der Waals surface area contributed by atoms with Crippen molar-refractivity contribution < 1.29 is 22.7 Å². The standard InChI is InChI=1S/C24H20F3N3O2/c25-24(26,27)20-5-3-4-17(13-20)18(14-28)12-19-15-30(22-7-2-1-6-21(19)22)16-23(31)29-8-10-32-11-9-29/h1-7,12-13,15H,8-11,16H2/b18-12+. The van der Waals surface area contributed by atoms with Crippen molar-refractivity contribution in [1.29, 1.82) is 5.26 Å². The second kappa shape index (κ2) is 8.89. The predicted molar refractivity (Wildman–Crippen MR) is 114 cm³/mol. The third-order valence-corrected chi connectivity index (χ3v) is 5.41. The van der Waals surface area contributed by atoms with Crippen molar-refractivity contribution in [1.82, 2.24) is 9.47 Å². The zero-order valence-electron chi connectivity index (χ0n) is 17.1. The molecule has 5 nitrogen and oxygen atoms in total. The van der Waals surface area contributed by atoms with Gasteiger partial charge in [-0.1, -0.05) is 30.3 Å². The van der Waals surface area contributed by atoms with Gasteiger partial charge in [0.25, 0.3) is 0 Å². The van der Waals surface area contributed by atoms with Gasteiger partial charge in [0.05, 0.1) is 30.4 Å². The highest BCUT2D eigenvalue weighted by Gasteiger charge is 2.30. The number of alkyl halides is 3. The molecule has 0 aliphatic carbocycles. The molecule has 1 fully saturated rings. The van der Waals surface area contributed by atoms with Gasteiger partial charge in [-0.05, 0) is 29.8 Å². The second-order valence-corrected chi connectivity index (χ2v) is 7.47. The highest BCUT2D eigenvalue weighted by atomic mass is 19.4. The number of carbonyl (C=O) groups excluding carboxylic acids is 1. The maximum atomic E-state index is 13.1. The predicted octanol–water partition coefficient (Wildman–Crippen LogP) is 4.58. The van der Waals surface area contributed by atoms with E-state index in [1.165, 1.54) is 12.1 Å². The molecule has 0 unspecified atom stereocenters. The van der Waals surface area contributed by atoms with Crippen molar-refractivity contribution in [2.45, 2.75) is 12.7 Å². The smallest absolute Gasteiger partial charge is 0.378 e. The van der Waals surface area contributed by atoms with Gasteiger partial charge in [0, 0.05) is 35.8 Å². The number of nitriles is 1. The molecular formula is C24H20F3N3O2. The monoisotopic (exact) mass is 439 g/mol. The van der Waals surface area contributed by atoms with Crippen LogP contribution in [0.4, 0.5) is 13.2 Å². The summed E-state index contributed by atoms with van der Waals surface area (Å²) in [6, 6.07) is 14.1. The Balaban J connectivity index is 1.70. The number of carbonyl (C=O) groups is 1. The number of halogens is 3. The molecule has 0 saturated carbocycles. The van der Waals surface area contributed by atoms with Crippen LogP contribution in [0.2, 0.25) is 0 Å². The van der Waals surface area contributed by atoms with E-state index in [9.17, 15) is 23.2 Å². The minimum atomic E-state index is -4.49. The molecule has 2 aromatic carbocycles. The van der Waals surface area contributed by atoms with Crippen molar-refractivity contribution in [3.8, 4) is 6.07 Å². The topological polar surface area (TPSA) is 58.3 Å². The summed E-state index contributed by atoms with van der Waals surface area (Å²) in [5.74, 6) is -0.0389. The number of allylic oxidation sites excluding steroid dienone is 1. The SMILES string of the molecule is N#C/C(=C\c1cn(CC(=O)N2CCOCC2)c2ccccc12)c1cccc(C(F)(F)F)c1. The summed E-state index contributed by atoms with van der Waals surface area (Å²) in [5.41, 5.74) is 0.947. The van der Waals surface area contributed by atoms with Gasteiger partial charge in [0.1, 0.15) is 6.54 Å². The van der Waals surface area contributed by atoms with Gasteiger partial charge in [0.2, 0.25) is 5.91 Å². The molecule has 1 saturated heterocycles. The average Bonchev–Trinajstić information content (AvgIpc) is 3.14. The highest BCUT2D eigenvalue weighted by molar-refractivity contribution is 5.98. The highest BCUT2D eigenvalue weighted by Crippen LogP contribution is 2.32. The van der Waals surface area contributed by atoms with Crippen LogP contribution in [0.15, 0.2) is 54.7 Å². The molecule has 164 valence electrons. The fraction of sp³-hybridized carbons (Fsp3) is 0.250. The average molecular weight is 439 g/mol. The van der Waals surface area contributed by atoms with Crippen molar-refractivity contribution in [3.05, 3.63) is 71.4 Å². The summed E-state index contributed by atoms with van der Waals surface area (Å²) in [6.07, 6.45) is -1.17. The number of morpholine rings is 1. The first-order chi connectivity index (χ1) is 15.4. The number of aromatic nitrogens is 1. The van der Waals surface area contributed by atoms with Gasteiger partial charge in [-0.3, -0.25) is 4.79 Å². The van der Waals surface area contributed by atoms with Crippen molar-refractivity contribution >= 4 is 28.5 Å².